The molecule has 0 aliphatic heterocycles. The van der Waals surface area contributed by atoms with Crippen molar-refractivity contribution in [3.05, 3.63) is 108 Å². The molecule has 0 bridgehead atoms. The number of aromatic hydroxyl groups is 2. The summed E-state index contributed by atoms with van der Waals surface area (Å²) in [6.45, 7) is 0. The average molecular weight is 465 g/mol. The molecule has 0 saturated carbocycles. The first-order chi connectivity index (χ1) is 17.2. The molecule has 180 valence electrons. The molecule has 0 fully saturated rings. The summed E-state index contributed by atoms with van der Waals surface area (Å²) in [5, 5.41) is 20.5. The van der Waals surface area contributed by atoms with Crippen LogP contribution < -0.4 is 0 Å². The smallest absolute Gasteiger partial charge is 0.123 e. The third-order valence-corrected chi connectivity index (χ3v) is 6.72. The van der Waals surface area contributed by atoms with Crippen LogP contribution >= 0.6 is 0 Å². The molecule has 0 aliphatic rings. The van der Waals surface area contributed by atoms with Crippen LogP contribution in [-0.4, -0.2) is 10.2 Å². The van der Waals surface area contributed by atoms with Crippen molar-refractivity contribution in [3.8, 4) is 33.8 Å². The van der Waals surface area contributed by atoms with Gasteiger partial charge >= 0.3 is 0 Å². The molecule has 0 saturated heterocycles. The number of unbranched alkanes of at least 4 members (excludes halogenated alkanes) is 6. The molecule has 0 radical (unpaired) electrons. The highest BCUT2D eigenvalue weighted by Crippen LogP contribution is 2.31. The van der Waals surface area contributed by atoms with E-state index in [0.717, 1.165) is 35.1 Å². The molecule has 2 nitrogen and oxygen atoms in total. The highest BCUT2D eigenvalue weighted by molar-refractivity contribution is 5.71. The van der Waals surface area contributed by atoms with Crippen LogP contribution in [0.3, 0.4) is 0 Å². The van der Waals surface area contributed by atoms with Crippen molar-refractivity contribution in [2.75, 3.05) is 0 Å². The Kier molecular flexibility index (Phi) is 9.00. The van der Waals surface area contributed by atoms with Gasteiger partial charge in [0.15, 0.2) is 0 Å². The van der Waals surface area contributed by atoms with Gasteiger partial charge in [0.25, 0.3) is 0 Å². The normalized spacial score (nSPS) is 11.0. The molecule has 4 aromatic carbocycles. The fourth-order valence-electron chi connectivity index (χ4n) is 4.72. The Morgan fingerprint density at radius 2 is 0.771 bits per heavy atom. The lowest BCUT2D eigenvalue weighted by molar-refractivity contribution is 0.476. The summed E-state index contributed by atoms with van der Waals surface area (Å²) in [6.07, 6.45) is 10.8. The summed E-state index contributed by atoms with van der Waals surface area (Å²) in [4.78, 5) is 0. The Morgan fingerprint density at radius 1 is 0.400 bits per heavy atom. The van der Waals surface area contributed by atoms with Crippen molar-refractivity contribution in [1.82, 2.24) is 0 Å². The predicted octanol–water partition coefficient (Wildman–Crippen LogP) is 8.95. The van der Waals surface area contributed by atoms with E-state index in [-0.39, 0.29) is 0 Å². The molecule has 0 spiro atoms. The van der Waals surface area contributed by atoms with E-state index in [2.05, 4.69) is 12.1 Å². The molecule has 2 heteroatoms. The van der Waals surface area contributed by atoms with Gasteiger partial charge in [0.2, 0.25) is 0 Å². The summed E-state index contributed by atoms with van der Waals surface area (Å²) in [5.41, 5.74) is 6.57. The molecule has 0 heterocycles. The lowest BCUT2D eigenvalue weighted by Gasteiger charge is -2.09. The highest BCUT2D eigenvalue weighted by Gasteiger charge is 2.07. The minimum atomic E-state index is 0.351. The first-order valence-electron chi connectivity index (χ1n) is 13.0. The van der Waals surface area contributed by atoms with Gasteiger partial charge in [-0.1, -0.05) is 105 Å². The summed E-state index contributed by atoms with van der Waals surface area (Å²) in [7, 11) is 0. The zero-order chi connectivity index (χ0) is 24.3. The number of benzene rings is 4. The van der Waals surface area contributed by atoms with Gasteiger partial charge in [-0.2, -0.15) is 0 Å². The Morgan fingerprint density at radius 3 is 1.17 bits per heavy atom. The van der Waals surface area contributed by atoms with Gasteiger partial charge in [-0.05, 0) is 72.2 Å². The molecule has 0 amide bonds. The SMILES string of the molecule is Oc1ccc(CCCCCCCCCc2ccc(O)c(-c3ccccc3)c2)cc1-c1ccccc1. The summed E-state index contributed by atoms with van der Waals surface area (Å²) < 4.78 is 0. The molecular formula is C33H36O2. The Hall–Kier alpha value is -3.52. The van der Waals surface area contributed by atoms with E-state index in [4.69, 9.17) is 0 Å². The van der Waals surface area contributed by atoms with Crippen molar-refractivity contribution < 1.29 is 10.2 Å². The fourth-order valence-corrected chi connectivity index (χ4v) is 4.72. The number of aryl methyl sites for hydroxylation is 2. The predicted molar refractivity (Wildman–Crippen MR) is 147 cm³/mol. The van der Waals surface area contributed by atoms with Crippen LogP contribution in [0.2, 0.25) is 0 Å². The zero-order valence-corrected chi connectivity index (χ0v) is 20.5. The lowest BCUT2D eigenvalue weighted by atomic mass is 9.98. The van der Waals surface area contributed by atoms with Crippen molar-refractivity contribution in [2.45, 2.75) is 57.8 Å². The second kappa shape index (κ2) is 12.8. The summed E-state index contributed by atoms with van der Waals surface area (Å²) in [6, 6.07) is 32.2. The van der Waals surface area contributed by atoms with E-state index in [1.165, 1.54) is 56.1 Å². The number of hydrogen-bond donors (Lipinski definition) is 2. The zero-order valence-electron chi connectivity index (χ0n) is 20.5. The van der Waals surface area contributed by atoms with E-state index in [1.54, 1.807) is 0 Å². The van der Waals surface area contributed by atoms with Crippen LogP contribution in [0.5, 0.6) is 11.5 Å². The van der Waals surface area contributed by atoms with Crippen molar-refractivity contribution >= 4 is 0 Å². The first kappa shape index (κ1) is 24.6. The molecular weight excluding hydrogens is 428 g/mol. The monoisotopic (exact) mass is 464 g/mol. The maximum atomic E-state index is 10.2. The Balaban J connectivity index is 1.12. The number of rotatable bonds is 12. The highest BCUT2D eigenvalue weighted by atomic mass is 16.3. The fraction of sp³-hybridized carbons (Fsp3) is 0.273. The van der Waals surface area contributed by atoms with Crippen molar-refractivity contribution in [3.63, 3.8) is 0 Å². The maximum Gasteiger partial charge on any atom is 0.123 e. The Bertz CT molecular complexity index is 1090. The van der Waals surface area contributed by atoms with Crippen LogP contribution in [0.15, 0.2) is 97.1 Å². The third kappa shape index (κ3) is 7.23. The molecule has 4 rings (SSSR count). The Labute approximate surface area is 209 Å². The van der Waals surface area contributed by atoms with E-state index in [1.807, 2.05) is 84.9 Å². The molecule has 0 aliphatic carbocycles. The van der Waals surface area contributed by atoms with Crippen molar-refractivity contribution in [1.29, 1.82) is 0 Å². The van der Waals surface area contributed by atoms with Crippen LogP contribution in [0.4, 0.5) is 0 Å². The maximum absolute atomic E-state index is 10.2. The standard InChI is InChI=1S/C33H36O2/c34-32-22-20-26(24-30(32)28-16-10-6-11-17-28)14-8-4-2-1-3-5-9-15-27-21-23-33(35)31(25-27)29-18-12-7-13-19-29/h6-7,10-13,16-25,34-35H,1-5,8-9,14-15H2. The second-order valence-electron chi connectivity index (χ2n) is 9.41. The van der Waals surface area contributed by atoms with E-state index in [9.17, 15) is 10.2 Å². The molecule has 2 N–H and O–H groups in total. The second-order valence-corrected chi connectivity index (χ2v) is 9.41. The quantitative estimate of drug-likeness (QED) is 0.205. The number of hydrogen-bond acceptors (Lipinski definition) is 2. The third-order valence-electron chi connectivity index (χ3n) is 6.72. The van der Waals surface area contributed by atoms with E-state index in [0.29, 0.717) is 11.5 Å². The van der Waals surface area contributed by atoms with Gasteiger partial charge in [0.05, 0.1) is 0 Å². The molecule has 4 aromatic rings. The lowest BCUT2D eigenvalue weighted by Crippen LogP contribution is -1.90. The van der Waals surface area contributed by atoms with Gasteiger partial charge in [0, 0.05) is 11.1 Å². The average Bonchev–Trinajstić information content (AvgIpc) is 2.90. The van der Waals surface area contributed by atoms with Gasteiger partial charge in [-0.15, -0.1) is 0 Å². The molecule has 35 heavy (non-hydrogen) atoms. The minimum Gasteiger partial charge on any atom is -0.507 e. The van der Waals surface area contributed by atoms with Gasteiger partial charge in [-0.25, -0.2) is 0 Å². The van der Waals surface area contributed by atoms with Crippen LogP contribution in [0.25, 0.3) is 22.3 Å². The summed E-state index contributed by atoms with van der Waals surface area (Å²) >= 11 is 0. The van der Waals surface area contributed by atoms with Gasteiger partial charge < -0.3 is 10.2 Å². The van der Waals surface area contributed by atoms with Crippen LogP contribution in [0.1, 0.15) is 56.1 Å². The van der Waals surface area contributed by atoms with E-state index >= 15 is 0 Å². The molecule has 0 atom stereocenters. The van der Waals surface area contributed by atoms with Gasteiger partial charge in [0.1, 0.15) is 11.5 Å². The molecule has 0 unspecified atom stereocenters. The number of phenols is 2. The topological polar surface area (TPSA) is 40.5 Å². The first-order valence-corrected chi connectivity index (χ1v) is 13.0. The minimum absolute atomic E-state index is 0.351. The largest absolute Gasteiger partial charge is 0.507 e. The molecule has 0 aromatic heterocycles. The van der Waals surface area contributed by atoms with E-state index < -0.39 is 0 Å². The van der Waals surface area contributed by atoms with Gasteiger partial charge in [-0.3, -0.25) is 0 Å². The van der Waals surface area contributed by atoms with Crippen LogP contribution in [0, 0.1) is 0 Å². The van der Waals surface area contributed by atoms with Crippen LogP contribution in [-0.2, 0) is 12.8 Å². The number of phenolic OH excluding ortho intramolecular Hbond substituents is 2. The summed E-state index contributed by atoms with van der Waals surface area (Å²) in [5.74, 6) is 0.701. The van der Waals surface area contributed by atoms with Crippen molar-refractivity contribution in [2.24, 2.45) is 0 Å².